The summed E-state index contributed by atoms with van der Waals surface area (Å²) in [5.41, 5.74) is 0.902. The molecular weight excluding hydrogens is 330 g/mol. The SMILES string of the molecule is COc1ccc(C(=O)c2cc3cc([N+](=O)[O-])ccc3oc2=S)cc1. The molecule has 0 atom stereocenters. The smallest absolute Gasteiger partial charge is 0.270 e. The van der Waals surface area contributed by atoms with Crippen molar-refractivity contribution < 1.29 is 18.9 Å². The van der Waals surface area contributed by atoms with E-state index in [1.165, 1.54) is 31.4 Å². The molecule has 0 saturated carbocycles. The molecule has 1 heterocycles. The van der Waals surface area contributed by atoms with Crippen LogP contribution in [0, 0.1) is 14.8 Å². The van der Waals surface area contributed by atoms with Crippen molar-refractivity contribution in [3.05, 3.63) is 74.5 Å². The fraction of sp³-hybridized carbons (Fsp3) is 0.0588. The van der Waals surface area contributed by atoms with Gasteiger partial charge in [-0.05, 0) is 48.6 Å². The van der Waals surface area contributed by atoms with Crippen LogP contribution in [-0.2, 0) is 0 Å². The molecule has 0 aliphatic heterocycles. The average molecular weight is 341 g/mol. The molecular formula is C17H11NO5S. The standard InChI is InChI=1S/C17H11NO5S/c1-22-13-5-2-10(3-6-13)16(19)14-9-11-8-12(18(20)21)4-7-15(11)23-17(14)24/h2-9H,1H3. The first-order valence-electron chi connectivity index (χ1n) is 6.90. The molecule has 0 fully saturated rings. The number of ketones is 1. The zero-order chi connectivity index (χ0) is 17.3. The van der Waals surface area contributed by atoms with Crippen LogP contribution in [-0.4, -0.2) is 17.8 Å². The fourth-order valence-electron chi connectivity index (χ4n) is 2.28. The quantitative estimate of drug-likeness (QED) is 0.304. The Kier molecular flexibility index (Phi) is 4.09. The first-order valence-corrected chi connectivity index (χ1v) is 7.31. The van der Waals surface area contributed by atoms with Gasteiger partial charge in [-0.3, -0.25) is 14.9 Å². The number of non-ortho nitro benzene ring substituents is 1. The lowest BCUT2D eigenvalue weighted by atomic mass is 10.0. The monoisotopic (exact) mass is 341 g/mol. The lowest BCUT2D eigenvalue weighted by Crippen LogP contribution is -2.02. The van der Waals surface area contributed by atoms with E-state index in [1.54, 1.807) is 24.3 Å². The maximum absolute atomic E-state index is 12.6. The number of ether oxygens (including phenoxy) is 1. The van der Waals surface area contributed by atoms with Crippen LogP contribution in [0.4, 0.5) is 5.69 Å². The van der Waals surface area contributed by atoms with Crippen LogP contribution < -0.4 is 4.74 Å². The molecule has 0 radical (unpaired) electrons. The minimum Gasteiger partial charge on any atom is -0.497 e. The highest BCUT2D eigenvalue weighted by Gasteiger charge is 2.15. The van der Waals surface area contributed by atoms with Crippen molar-refractivity contribution in [2.75, 3.05) is 7.11 Å². The summed E-state index contributed by atoms with van der Waals surface area (Å²) >= 11 is 5.14. The second-order valence-electron chi connectivity index (χ2n) is 4.98. The first-order chi connectivity index (χ1) is 11.5. The third-order valence-corrected chi connectivity index (χ3v) is 3.83. The van der Waals surface area contributed by atoms with Crippen molar-refractivity contribution in [2.24, 2.45) is 0 Å². The molecule has 1 aromatic heterocycles. The van der Waals surface area contributed by atoms with Gasteiger partial charge >= 0.3 is 0 Å². The van der Waals surface area contributed by atoms with Gasteiger partial charge in [0.2, 0.25) is 4.71 Å². The summed E-state index contributed by atoms with van der Waals surface area (Å²) < 4.78 is 10.6. The third kappa shape index (κ3) is 2.89. The van der Waals surface area contributed by atoms with E-state index in [1.807, 2.05) is 0 Å². The summed E-state index contributed by atoms with van der Waals surface area (Å²) in [6, 6.07) is 12.2. The van der Waals surface area contributed by atoms with Crippen molar-refractivity contribution in [3.8, 4) is 5.75 Å². The first kappa shape index (κ1) is 15.8. The maximum atomic E-state index is 12.6. The van der Waals surface area contributed by atoms with E-state index in [-0.39, 0.29) is 21.7 Å². The van der Waals surface area contributed by atoms with E-state index in [2.05, 4.69) is 0 Å². The van der Waals surface area contributed by atoms with E-state index >= 15 is 0 Å². The van der Waals surface area contributed by atoms with Crippen molar-refractivity contribution in [1.82, 2.24) is 0 Å². The second kappa shape index (κ2) is 6.21. The number of hydrogen-bond donors (Lipinski definition) is 0. The molecule has 0 bridgehead atoms. The van der Waals surface area contributed by atoms with Crippen molar-refractivity contribution in [2.45, 2.75) is 0 Å². The van der Waals surface area contributed by atoms with E-state index in [0.29, 0.717) is 22.3 Å². The van der Waals surface area contributed by atoms with Crippen LogP contribution in [0.3, 0.4) is 0 Å². The number of nitro benzene ring substituents is 1. The highest BCUT2D eigenvalue weighted by molar-refractivity contribution is 7.71. The van der Waals surface area contributed by atoms with Crippen LogP contribution in [0.2, 0.25) is 0 Å². The Morgan fingerprint density at radius 2 is 1.88 bits per heavy atom. The van der Waals surface area contributed by atoms with Gasteiger partial charge in [-0.2, -0.15) is 0 Å². The molecule has 7 heteroatoms. The van der Waals surface area contributed by atoms with Crippen LogP contribution in [0.1, 0.15) is 15.9 Å². The van der Waals surface area contributed by atoms with Crippen LogP contribution in [0.25, 0.3) is 11.0 Å². The third-order valence-electron chi connectivity index (χ3n) is 3.52. The Morgan fingerprint density at radius 1 is 1.17 bits per heavy atom. The minimum absolute atomic E-state index is 0.0390. The molecule has 120 valence electrons. The molecule has 24 heavy (non-hydrogen) atoms. The number of fused-ring (bicyclic) bond motifs is 1. The number of nitro groups is 1. The van der Waals surface area contributed by atoms with E-state index in [9.17, 15) is 14.9 Å². The highest BCUT2D eigenvalue weighted by atomic mass is 32.1. The Bertz CT molecular complexity index is 1010. The molecule has 0 N–H and O–H groups in total. The van der Waals surface area contributed by atoms with Gasteiger partial charge in [0.15, 0.2) is 5.78 Å². The Labute approximate surface area is 141 Å². The van der Waals surface area contributed by atoms with Gasteiger partial charge in [0.05, 0.1) is 17.6 Å². The van der Waals surface area contributed by atoms with E-state index < -0.39 is 4.92 Å². The zero-order valence-electron chi connectivity index (χ0n) is 12.5. The minimum atomic E-state index is -0.508. The number of methoxy groups -OCH3 is 1. The van der Waals surface area contributed by atoms with Crippen molar-refractivity contribution in [1.29, 1.82) is 0 Å². The van der Waals surface area contributed by atoms with Crippen LogP contribution in [0.15, 0.2) is 52.9 Å². The Balaban J connectivity index is 2.10. The molecule has 3 aromatic rings. The summed E-state index contributed by atoms with van der Waals surface area (Å²) in [4.78, 5) is 23.0. The fourth-order valence-corrected chi connectivity index (χ4v) is 2.52. The number of hydrogen-bond acceptors (Lipinski definition) is 6. The lowest BCUT2D eigenvalue weighted by molar-refractivity contribution is -0.384. The van der Waals surface area contributed by atoms with Crippen LogP contribution >= 0.6 is 12.2 Å². The molecule has 0 saturated heterocycles. The molecule has 3 rings (SSSR count). The number of rotatable bonds is 4. The van der Waals surface area contributed by atoms with Gasteiger partial charge < -0.3 is 9.15 Å². The van der Waals surface area contributed by atoms with Gasteiger partial charge in [0.1, 0.15) is 11.3 Å². The number of carbonyl (C=O) groups excluding carboxylic acids is 1. The summed E-state index contributed by atoms with van der Waals surface area (Å²) in [6.07, 6.45) is 0. The predicted octanol–water partition coefficient (Wildman–Crippen LogP) is 4.31. The van der Waals surface area contributed by atoms with Crippen molar-refractivity contribution >= 4 is 34.7 Å². The summed E-state index contributed by atoms with van der Waals surface area (Å²) in [6.45, 7) is 0. The molecule has 0 unspecified atom stereocenters. The van der Waals surface area contributed by atoms with Crippen molar-refractivity contribution in [3.63, 3.8) is 0 Å². The number of carbonyl (C=O) groups is 1. The zero-order valence-corrected chi connectivity index (χ0v) is 13.3. The Morgan fingerprint density at radius 3 is 2.50 bits per heavy atom. The van der Waals surface area contributed by atoms with E-state index in [0.717, 1.165) is 0 Å². The number of benzene rings is 2. The second-order valence-corrected chi connectivity index (χ2v) is 5.36. The lowest BCUT2D eigenvalue weighted by Gasteiger charge is -2.05. The summed E-state index contributed by atoms with van der Waals surface area (Å²) in [7, 11) is 1.54. The van der Waals surface area contributed by atoms with Gasteiger partial charge in [-0.1, -0.05) is 0 Å². The molecule has 0 amide bonds. The normalized spacial score (nSPS) is 10.5. The van der Waals surface area contributed by atoms with Gasteiger partial charge in [-0.25, -0.2) is 0 Å². The molecule has 6 nitrogen and oxygen atoms in total. The van der Waals surface area contributed by atoms with Gasteiger partial charge in [-0.15, -0.1) is 0 Å². The van der Waals surface area contributed by atoms with Crippen LogP contribution in [0.5, 0.6) is 5.75 Å². The summed E-state index contributed by atoms with van der Waals surface area (Å²) in [5.74, 6) is 0.309. The predicted molar refractivity (Wildman–Crippen MR) is 90.1 cm³/mol. The van der Waals surface area contributed by atoms with E-state index in [4.69, 9.17) is 21.4 Å². The molecule has 0 spiro atoms. The summed E-state index contributed by atoms with van der Waals surface area (Å²) in [5, 5.41) is 11.3. The molecule has 2 aromatic carbocycles. The van der Waals surface area contributed by atoms with Gasteiger partial charge in [0.25, 0.3) is 5.69 Å². The average Bonchev–Trinajstić information content (AvgIpc) is 2.60. The van der Waals surface area contributed by atoms with Gasteiger partial charge in [0, 0.05) is 23.1 Å². The molecule has 0 aliphatic carbocycles. The number of nitrogens with zero attached hydrogens (tertiary/aromatic N) is 1. The highest BCUT2D eigenvalue weighted by Crippen LogP contribution is 2.24. The molecule has 0 aliphatic rings. The topological polar surface area (TPSA) is 82.6 Å². The maximum Gasteiger partial charge on any atom is 0.270 e. The Hall–Kier alpha value is -3.06. The largest absolute Gasteiger partial charge is 0.497 e.